The van der Waals surface area contributed by atoms with Crippen LogP contribution in [0.1, 0.15) is 34.9 Å². The molecule has 1 heterocycles. The Kier molecular flexibility index (Phi) is 7.77. The summed E-state index contributed by atoms with van der Waals surface area (Å²) in [5.41, 5.74) is 1.52. The minimum Gasteiger partial charge on any atom is -0.456 e. The van der Waals surface area contributed by atoms with Crippen molar-refractivity contribution in [2.24, 2.45) is 0 Å². The Morgan fingerprint density at radius 3 is 2.26 bits per heavy atom. The Bertz CT molecular complexity index is 836. The third-order valence-electron chi connectivity index (χ3n) is 4.03. The molecule has 0 aliphatic carbocycles. The van der Waals surface area contributed by atoms with Gasteiger partial charge in [-0.3, -0.25) is 9.59 Å². The third kappa shape index (κ3) is 6.08. The Morgan fingerprint density at radius 1 is 0.963 bits per heavy atom. The fraction of sp³-hybridized carbons (Fsp3) is 0.190. The van der Waals surface area contributed by atoms with E-state index in [1.54, 1.807) is 24.7 Å². The van der Waals surface area contributed by atoms with Gasteiger partial charge in [0, 0.05) is 24.4 Å². The number of nitrogens with zero attached hydrogens (tertiary/aromatic N) is 2. The highest BCUT2D eigenvalue weighted by molar-refractivity contribution is 5.97. The van der Waals surface area contributed by atoms with Gasteiger partial charge in [0.25, 0.3) is 0 Å². The molecule has 0 N–H and O–H groups in total. The zero-order valence-corrected chi connectivity index (χ0v) is 15.5. The Balaban J connectivity index is 0.00000261. The maximum absolute atomic E-state index is 12.3. The largest absolute Gasteiger partial charge is 0.456 e. The summed E-state index contributed by atoms with van der Waals surface area (Å²) < 4.78 is 7.52. The van der Waals surface area contributed by atoms with Gasteiger partial charge in [0.15, 0.2) is 5.78 Å². The quantitative estimate of drug-likeness (QED) is 0.430. The molecule has 0 radical (unpaired) electrons. The van der Waals surface area contributed by atoms with Crippen molar-refractivity contribution >= 4 is 24.2 Å². The zero-order valence-electron chi connectivity index (χ0n) is 14.7. The molecule has 0 aliphatic rings. The maximum atomic E-state index is 12.3. The molecule has 1 unspecified atom stereocenters. The third-order valence-corrected chi connectivity index (χ3v) is 4.03. The second kappa shape index (κ2) is 10.3. The number of carbonyl (C=O) groups is 2. The summed E-state index contributed by atoms with van der Waals surface area (Å²) in [5, 5.41) is 0. The lowest BCUT2D eigenvalue weighted by Gasteiger charge is -2.19. The van der Waals surface area contributed by atoms with Crippen LogP contribution in [0.15, 0.2) is 79.4 Å². The van der Waals surface area contributed by atoms with Crippen LogP contribution in [0.2, 0.25) is 0 Å². The standard InChI is InChI=1S/C21H20N2O3.ClH/c24-19(17-7-3-1-4-8-17)11-12-21(25)26-20(15-23-14-13-22-16-23)18-9-5-2-6-10-18;/h1-10,13-14,16,20H,11-12,15H2;1H. The van der Waals surface area contributed by atoms with Gasteiger partial charge in [0.05, 0.1) is 19.3 Å². The summed E-state index contributed by atoms with van der Waals surface area (Å²) >= 11 is 0. The molecule has 1 aromatic heterocycles. The molecule has 6 heteroatoms. The van der Waals surface area contributed by atoms with Crippen LogP contribution in [0.3, 0.4) is 0 Å². The molecule has 0 amide bonds. The molecule has 3 aromatic rings. The van der Waals surface area contributed by atoms with Crippen LogP contribution in [0.25, 0.3) is 0 Å². The monoisotopic (exact) mass is 384 g/mol. The van der Waals surface area contributed by atoms with Crippen molar-refractivity contribution in [1.29, 1.82) is 0 Å². The lowest BCUT2D eigenvalue weighted by atomic mass is 10.1. The molecule has 1 atom stereocenters. The van der Waals surface area contributed by atoms with Crippen molar-refractivity contribution in [2.45, 2.75) is 25.5 Å². The molecule has 0 aliphatic heterocycles. The van der Waals surface area contributed by atoms with Gasteiger partial charge in [-0.05, 0) is 5.56 Å². The number of imidazole rings is 1. The van der Waals surface area contributed by atoms with Crippen molar-refractivity contribution < 1.29 is 14.3 Å². The van der Waals surface area contributed by atoms with Gasteiger partial charge in [0.1, 0.15) is 6.10 Å². The van der Waals surface area contributed by atoms with E-state index < -0.39 is 6.10 Å². The average molecular weight is 385 g/mol. The summed E-state index contributed by atoms with van der Waals surface area (Å²) in [6.45, 7) is 0.475. The molecule has 0 saturated carbocycles. The van der Waals surface area contributed by atoms with Gasteiger partial charge in [-0.1, -0.05) is 60.7 Å². The summed E-state index contributed by atoms with van der Waals surface area (Å²) in [4.78, 5) is 28.5. The molecule has 0 saturated heterocycles. The first kappa shape index (κ1) is 20.4. The van der Waals surface area contributed by atoms with Crippen molar-refractivity contribution in [1.82, 2.24) is 9.55 Å². The molecule has 0 fully saturated rings. The molecule has 5 nitrogen and oxygen atoms in total. The molecule has 140 valence electrons. The first-order valence-corrected chi connectivity index (χ1v) is 8.51. The minimum atomic E-state index is -0.426. The zero-order chi connectivity index (χ0) is 18.2. The SMILES string of the molecule is Cl.O=C(CCC(=O)c1ccccc1)OC(Cn1ccnc1)c1ccccc1. The van der Waals surface area contributed by atoms with Gasteiger partial charge < -0.3 is 9.30 Å². The molecule has 0 spiro atoms. The van der Waals surface area contributed by atoms with E-state index in [0.29, 0.717) is 12.1 Å². The fourth-order valence-corrected chi connectivity index (χ4v) is 2.67. The number of halogens is 1. The summed E-state index contributed by atoms with van der Waals surface area (Å²) in [6, 6.07) is 18.5. The van der Waals surface area contributed by atoms with E-state index in [-0.39, 0.29) is 37.0 Å². The normalized spacial score (nSPS) is 11.3. The second-order valence-electron chi connectivity index (χ2n) is 5.94. The van der Waals surface area contributed by atoms with E-state index in [0.717, 1.165) is 5.56 Å². The van der Waals surface area contributed by atoms with E-state index in [2.05, 4.69) is 4.98 Å². The van der Waals surface area contributed by atoms with Gasteiger partial charge in [0.2, 0.25) is 0 Å². The minimum absolute atomic E-state index is 0. The van der Waals surface area contributed by atoms with Gasteiger partial charge >= 0.3 is 5.97 Å². The van der Waals surface area contributed by atoms with E-state index in [1.807, 2.05) is 59.3 Å². The number of carbonyl (C=O) groups excluding carboxylic acids is 2. The summed E-state index contributed by atoms with van der Waals surface area (Å²) in [5.74, 6) is -0.448. The summed E-state index contributed by atoms with van der Waals surface area (Å²) in [6.07, 6.45) is 4.95. The van der Waals surface area contributed by atoms with Crippen LogP contribution in [0.5, 0.6) is 0 Å². The van der Waals surface area contributed by atoms with Crippen LogP contribution < -0.4 is 0 Å². The van der Waals surface area contributed by atoms with Gasteiger partial charge in [-0.2, -0.15) is 0 Å². The molecular formula is C21H21ClN2O3. The number of hydrogen-bond acceptors (Lipinski definition) is 4. The van der Waals surface area contributed by atoms with Crippen molar-refractivity contribution in [2.75, 3.05) is 0 Å². The van der Waals surface area contributed by atoms with Crippen LogP contribution in [0, 0.1) is 0 Å². The van der Waals surface area contributed by atoms with Crippen LogP contribution >= 0.6 is 12.4 Å². The first-order valence-electron chi connectivity index (χ1n) is 8.51. The number of ketones is 1. The predicted molar refractivity (Wildman–Crippen MR) is 105 cm³/mol. The van der Waals surface area contributed by atoms with Crippen molar-refractivity contribution in [3.8, 4) is 0 Å². The number of Topliss-reactive ketones (excluding diaryl/α,β-unsaturated/α-hetero) is 1. The highest BCUT2D eigenvalue weighted by Crippen LogP contribution is 2.20. The van der Waals surface area contributed by atoms with Crippen LogP contribution in [-0.2, 0) is 16.1 Å². The first-order chi connectivity index (χ1) is 12.7. The smallest absolute Gasteiger partial charge is 0.306 e. The van der Waals surface area contributed by atoms with Gasteiger partial charge in [-0.15, -0.1) is 12.4 Å². The molecular weight excluding hydrogens is 364 g/mol. The highest BCUT2D eigenvalue weighted by Gasteiger charge is 2.18. The Hall–Kier alpha value is -2.92. The summed E-state index contributed by atoms with van der Waals surface area (Å²) in [7, 11) is 0. The van der Waals surface area contributed by atoms with E-state index in [9.17, 15) is 9.59 Å². The molecule has 3 rings (SSSR count). The lowest BCUT2D eigenvalue weighted by molar-refractivity contribution is -0.150. The predicted octanol–water partition coefficient (Wildman–Crippen LogP) is 4.25. The molecule has 27 heavy (non-hydrogen) atoms. The van der Waals surface area contributed by atoms with Gasteiger partial charge in [-0.25, -0.2) is 4.98 Å². The average Bonchev–Trinajstić information content (AvgIpc) is 3.20. The molecule has 2 aromatic carbocycles. The van der Waals surface area contributed by atoms with Crippen molar-refractivity contribution in [3.63, 3.8) is 0 Å². The highest BCUT2D eigenvalue weighted by atomic mass is 35.5. The topological polar surface area (TPSA) is 61.2 Å². The maximum Gasteiger partial charge on any atom is 0.306 e. The van der Waals surface area contributed by atoms with Crippen molar-refractivity contribution in [3.05, 3.63) is 90.5 Å². The van der Waals surface area contributed by atoms with Crippen LogP contribution in [-0.4, -0.2) is 21.3 Å². The Morgan fingerprint density at radius 2 is 1.63 bits per heavy atom. The Labute approximate surface area is 164 Å². The number of aromatic nitrogens is 2. The second-order valence-corrected chi connectivity index (χ2v) is 5.94. The fourth-order valence-electron chi connectivity index (χ4n) is 2.67. The lowest BCUT2D eigenvalue weighted by Crippen LogP contribution is -2.17. The van der Waals surface area contributed by atoms with Crippen LogP contribution in [0.4, 0.5) is 0 Å². The number of rotatable bonds is 8. The number of benzene rings is 2. The van der Waals surface area contributed by atoms with E-state index in [1.165, 1.54) is 0 Å². The molecule has 0 bridgehead atoms. The number of esters is 1. The van der Waals surface area contributed by atoms with E-state index >= 15 is 0 Å². The number of ether oxygens (including phenoxy) is 1. The number of hydrogen-bond donors (Lipinski definition) is 0. The van der Waals surface area contributed by atoms with E-state index in [4.69, 9.17) is 4.74 Å².